The van der Waals surface area contributed by atoms with Gasteiger partial charge in [0.15, 0.2) is 5.65 Å². The molecular weight excluding hydrogens is 384 g/mol. The maximum Gasteiger partial charge on any atom is 0.407 e. The van der Waals surface area contributed by atoms with E-state index in [0.29, 0.717) is 22.3 Å². The topological polar surface area (TPSA) is 110 Å². The maximum atomic E-state index is 12.0. The number of nitrogens with one attached hydrogen (secondary N) is 3. The molecule has 1 fully saturated rings. The monoisotopic (exact) mass is 408 g/mol. The number of carbonyl (C=O) groups is 2. The Morgan fingerprint density at radius 2 is 2.00 bits per heavy atom. The normalized spacial score (nSPS) is 19.5. The Morgan fingerprint density at radius 1 is 1.29 bits per heavy atom. The first-order valence-electron chi connectivity index (χ1n) is 9.18. The minimum absolute atomic E-state index is 0.0284. The number of hydrogen-bond donors (Lipinski definition) is 3. The average Bonchev–Trinajstić information content (AvgIpc) is 3.12. The predicted molar refractivity (Wildman–Crippen MR) is 107 cm³/mol. The van der Waals surface area contributed by atoms with Crippen molar-refractivity contribution in [3.05, 3.63) is 17.3 Å². The number of aromatic nitrogens is 3. The van der Waals surface area contributed by atoms with Gasteiger partial charge in [-0.25, -0.2) is 9.78 Å². The lowest BCUT2D eigenvalue weighted by molar-refractivity contribution is -0.114. The molecule has 0 radical (unpaired) electrons. The van der Waals surface area contributed by atoms with Crippen molar-refractivity contribution in [1.29, 1.82) is 0 Å². The van der Waals surface area contributed by atoms with Crippen LogP contribution in [0.4, 0.5) is 16.4 Å². The summed E-state index contributed by atoms with van der Waals surface area (Å²) < 4.78 is 6.92. The van der Waals surface area contributed by atoms with E-state index in [1.54, 1.807) is 10.6 Å². The number of rotatable bonds is 4. The summed E-state index contributed by atoms with van der Waals surface area (Å²) >= 11 is 6.16. The number of hydrogen-bond acceptors (Lipinski definition) is 6. The van der Waals surface area contributed by atoms with Gasteiger partial charge < -0.3 is 20.7 Å². The molecule has 0 unspecified atom stereocenters. The van der Waals surface area contributed by atoms with Gasteiger partial charge in [0.2, 0.25) is 5.91 Å². The van der Waals surface area contributed by atoms with E-state index >= 15 is 0 Å². The zero-order valence-corrected chi connectivity index (χ0v) is 17.1. The second kappa shape index (κ2) is 7.83. The van der Waals surface area contributed by atoms with E-state index in [0.717, 1.165) is 19.3 Å². The molecule has 2 heterocycles. The Balaban J connectivity index is 1.69. The summed E-state index contributed by atoms with van der Waals surface area (Å²) in [6.07, 6.45) is 3.55. The van der Waals surface area contributed by atoms with Crippen LogP contribution in [0.5, 0.6) is 0 Å². The largest absolute Gasteiger partial charge is 0.444 e. The van der Waals surface area contributed by atoms with Crippen LogP contribution in [0.25, 0.3) is 5.65 Å². The standard InChI is InChI=1S/C18H25ClN6O3/c1-10(26)21-14-8-15(25-16(24-14)13(19)9-20-25)22-11-5-6-12(7-11)23-17(27)28-18(2,3)4/h8-9,11-12,22H,5-7H2,1-4H3,(H,23,27)(H,21,24,26)/t11-,12-/m1/s1. The highest BCUT2D eigenvalue weighted by Crippen LogP contribution is 2.27. The predicted octanol–water partition coefficient (Wildman–Crippen LogP) is 3.20. The highest BCUT2D eigenvalue weighted by Gasteiger charge is 2.28. The summed E-state index contributed by atoms with van der Waals surface area (Å²) in [6, 6.07) is 1.87. The summed E-state index contributed by atoms with van der Waals surface area (Å²) in [4.78, 5) is 27.7. The van der Waals surface area contributed by atoms with E-state index in [1.807, 2.05) is 20.8 Å². The van der Waals surface area contributed by atoms with Gasteiger partial charge >= 0.3 is 6.09 Å². The van der Waals surface area contributed by atoms with Crippen LogP contribution in [0.1, 0.15) is 47.0 Å². The third-order valence-corrected chi connectivity index (χ3v) is 4.50. The van der Waals surface area contributed by atoms with Gasteiger partial charge in [0.25, 0.3) is 0 Å². The average molecular weight is 409 g/mol. The molecule has 0 aliphatic heterocycles. The first-order chi connectivity index (χ1) is 13.1. The van der Waals surface area contributed by atoms with Gasteiger partial charge in [-0.2, -0.15) is 9.61 Å². The first-order valence-corrected chi connectivity index (χ1v) is 9.56. The van der Waals surface area contributed by atoms with E-state index in [9.17, 15) is 9.59 Å². The van der Waals surface area contributed by atoms with Crippen LogP contribution in [0, 0.1) is 0 Å². The van der Waals surface area contributed by atoms with Crippen LogP contribution in [0.2, 0.25) is 5.02 Å². The molecule has 10 heteroatoms. The van der Waals surface area contributed by atoms with Gasteiger partial charge in [-0.1, -0.05) is 11.6 Å². The highest BCUT2D eigenvalue weighted by atomic mass is 35.5. The van der Waals surface area contributed by atoms with E-state index in [-0.39, 0.29) is 18.0 Å². The Morgan fingerprint density at radius 3 is 2.68 bits per heavy atom. The summed E-state index contributed by atoms with van der Waals surface area (Å²) in [7, 11) is 0. The number of alkyl carbamates (subject to hydrolysis) is 1. The number of halogens is 1. The fourth-order valence-electron chi connectivity index (χ4n) is 3.21. The molecule has 2 atom stereocenters. The quantitative estimate of drug-likeness (QED) is 0.716. The molecule has 3 rings (SSSR count). The van der Waals surface area contributed by atoms with Gasteiger partial charge in [0.1, 0.15) is 22.3 Å². The molecule has 2 amide bonds. The van der Waals surface area contributed by atoms with Crippen LogP contribution >= 0.6 is 11.6 Å². The lowest BCUT2D eigenvalue weighted by Crippen LogP contribution is -2.38. The number of anilines is 2. The lowest BCUT2D eigenvalue weighted by Gasteiger charge is -2.22. The van der Waals surface area contributed by atoms with Crippen molar-refractivity contribution in [2.45, 2.75) is 64.6 Å². The second-order valence-corrected chi connectivity index (χ2v) is 8.34. The molecular formula is C18H25ClN6O3. The number of fused-ring (bicyclic) bond motifs is 1. The fraction of sp³-hybridized carbons (Fsp3) is 0.556. The second-order valence-electron chi connectivity index (χ2n) is 7.93. The van der Waals surface area contributed by atoms with E-state index in [4.69, 9.17) is 16.3 Å². The van der Waals surface area contributed by atoms with Gasteiger partial charge in [-0.15, -0.1) is 0 Å². The Labute approximate surface area is 168 Å². The maximum absolute atomic E-state index is 12.0. The molecule has 152 valence electrons. The summed E-state index contributed by atoms with van der Waals surface area (Å²) in [6.45, 7) is 6.92. The van der Waals surface area contributed by atoms with Gasteiger partial charge in [0, 0.05) is 25.1 Å². The number of carbonyl (C=O) groups excluding carboxylic acids is 2. The van der Waals surface area contributed by atoms with Crippen molar-refractivity contribution in [3.63, 3.8) is 0 Å². The van der Waals surface area contributed by atoms with Crippen LogP contribution in [0.15, 0.2) is 12.3 Å². The Bertz CT molecular complexity index is 891. The van der Waals surface area contributed by atoms with E-state index < -0.39 is 11.7 Å². The van der Waals surface area contributed by atoms with Gasteiger partial charge in [0.05, 0.1) is 6.20 Å². The molecule has 0 aromatic carbocycles. The summed E-state index contributed by atoms with van der Waals surface area (Å²) in [5.41, 5.74) is -0.0699. The lowest BCUT2D eigenvalue weighted by atomic mass is 10.2. The molecule has 1 aliphatic rings. The summed E-state index contributed by atoms with van der Waals surface area (Å²) in [5, 5.41) is 13.6. The molecule has 0 spiro atoms. The third kappa shape index (κ3) is 5.03. The van der Waals surface area contributed by atoms with Gasteiger partial charge in [-0.05, 0) is 40.0 Å². The van der Waals surface area contributed by atoms with Crippen LogP contribution in [0.3, 0.4) is 0 Å². The fourth-order valence-corrected chi connectivity index (χ4v) is 3.38. The number of ether oxygens (including phenoxy) is 1. The van der Waals surface area contributed by atoms with Crippen molar-refractivity contribution in [2.24, 2.45) is 0 Å². The molecule has 1 aliphatic carbocycles. The highest BCUT2D eigenvalue weighted by molar-refractivity contribution is 6.33. The first kappa shape index (κ1) is 20.2. The molecule has 28 heavy (non-hydrogen) atoms. The molecule has 1 saturated carbocycles. The van der Waals surface area contributed by atoms with Crippen LogP contribution in [-0.4, -0.2) is 44.3 Å². The molecule has 0 bridgehead atoms. The zero-order valence-electron chi connectivity index (χ0n) is 16.4. The zero-order chi connectivity index (χ0) is 20.5. The Kier molecular flexibility index (Phi) is 5.64. The van der Waals surface area contributed by atoms with E-state index in [2.05, 4.69) is 26.0 Å². The third-order valence-electron chi connectivity index (χ3n) is 4.24. The summed E-state index contributed by atoms with van der Waals surface area (Å²) in [5.74, 6) is 0.843. The van der Waals surface area contributed by atoms with Crippen molar-refractivity contribution >= 4 is 40.9 Å². The molecule has 0 saturated heterocycles. The minimum Gasteiger partial charge on any atom is -0.444 e. The molecule has 9 nitrogen and oxygen atoms in total. The molecule has 2 aromatic rings. The molecule has 3 N–H and O–H groups in total. The van der Waals surface area contributed by atoms with Crippen molar-refractivity contribution in [2.75, 3.05) is 10.6 Å². The number of amides is 2. The minimum atomic E-state index is -0.525. The van der Waals surface area contributed by atoms with E-state index in [1.165, 1.54) is 13.1 Å². The van der Waals surface area contributed by atoms with Crippen molar-refractivity contribution < 1.29 is 14.3 Å². The smallest absolute Gasteiger partial charge is 0.407 e. The molecule has 2 aromatic heterocycles. The van der Waals surface area contributed by atoms with Crippen molar-refractivity contribution in [3.8, 4) is 0 Å². The van der Waals surface area contributed by atoms with Gasteiger partial charge in [-0.3, -0.25) is 4.79 Å². The SMILES string of the molecule is CC(=O)Nc1cc(N[C@@H]2CC[C@@H](NC(=O)OC(C)(C)C)C2)n2ncc(Cl)c2n1. The van der Waals surface area contributed by atoms with Crippen molar-refractivity contribution in [1.82, 2.24) is 19.9 Å². The van der Waals surface area contributed by atoms with Crippen LogP contribution < -0.4 is 16.0 Å². The van der Waals surface area contributed by atoms with Crippen LogP contribution in [-0.2, 0) is 9.53 Å². The Hall–Kier alpha value is -2.55. The number of nitrogens with zero attached hydrogens (tertiary/aromatic N) is 3.